The normalized spacial score (nSPS) is 18.8. The number of aromatic nitrogens is 4. The molecule has 9 heteroatoms. The van der Waals surface area contributed by atoms with E-state index in [-0.39, 0.29) is 24.4 Å². The molecule has 0 bridgehead atoms. The van der Waals surface area contributed by atoms with Crippen LogP contribution >= 0.6 is 0 Å². The van der Waals surface area contributed by atoms with Crippen molar-refractivity contribution in [1.29, 1.82) is 0 Å². The van der Waals surface area contributed by atoms with Gasteiger partial charge in [0.05, 0.1) is 6.61 Å². The molecular formula is C24H27FN6O2. The molecule has 5 rings (SSSR count). The van der Waals surface area contributed by atoms with Crippen molar-refractivity contribution in [2.75, 3.05) is 19.7 Å². The Hall–Kier alpha value is -3.14. The first kappa shape index (κ1) is 21.7. The van der Waals surface area contributed by atoms with Gasteiger partial charge in [0.2, 0.25) is 0 Å². The topological polar surface area (TPSA) is 102 Å². The summed E-state index contributed by atoms with van der Waals surface area (Å²) in [6.45, 7) is 5.56. The number of nitrogens with zero attached hydrogens (tertiary/aromatic N) is 5. The molecule has 4 heterocycles. The number of nitrogens with two attached hydrogens (primary N) is 1. The molecule has 4 aromatic rings. The van der Waals surface area contributed by atoms with Crippen LogP contribution in [0.15, 0.2) is 42.6 Å². The highest BCUT2D eigenvalue weighted by Gasteiger charge is 2.25. The predicted octanol–water partition coefficient (Wildman–Crippen LogP) is 2.94. The van der Waals surface area contributed by atoms with Crippen LogP contribution in [0.3, 0.4) is 0 Å². The van der Waals surface area contributed by atoms with Gasteiger partial charge in [0, 0.05) is 42.8 Å². The van der Waals surface area contributed by atoms with Gasteiger partial charge < -0.3 is 15.6 Å². The second kappa shape index (κ2) is 8.66. The van der Waals surface area contributed by atoms with E-state index in [2.05, 4.69) is 28.1 Å². The molecule has 3 aromatic heterocycles. The van der Waals surface area contributed by atoms with Crippen molar-refractivity contribution in [3.63, 3.8) is 0 Å². The van der Waals surface area contributed by atoms with E-state index in [1.165, 1.54) is 12.1 Å². The van der Waals surface area contributed by atoms with Gasteiger partial charge in [-0.25, -0.2) is 9.37 Å². The van der Waals surface area contributed by atoms with Crippen LogP contribution in [-0.2, 0) is 0 Å². The lowest BCUT2D eigenvalue weighted by molar-refractivity contribution is 0.130. The van der Waals surface area contributed by atoms with Crippen LogP contribution in [0.2, 0.25) is 0 Å². The SMILES string of the molecule is C[C@H](CO)Oc1cc(F)cc2ccc(-c3nnc4ccc([C@H](C)N5CC[C@H](N)C5)cn34)nc12. The highest BCUT2D eigenvalue weighted by molar-refractivity contribution is 5.86. The fourth-order valence-electron chi connectivity index (χ4n) is 4.34. The summed E-state index contributed by atoms with van der Waals surface area (Å²) in [6, 6.07) is 10.7. The number of hydrogen-bond donors (Lipinski definition) is 2. The van der Waals surface area contributed by atoms with Crippen LogP contribution in [0.5, 0.6) is 5.75 Å². The molecule has 1 fully saturated rings. The number of aliphatic hydroxyl groups is 1. The van der Waals surface area contributed by atoms with Crippen molar-refractivity contribution in [2.24, 2.45) is 5.73 Å². The van der Waals surface area contributed by atoms with Crippen LogP contribution < -0.4 is 10.5 Å². The monoisotopic (exact) mass is 450 g/mol. The molecule has 1 aliphatic heterocycles. The Bertz CT molecular complexity index is 1310. The minimum Gasteiger partial charge on any atom is -0.486 e. The molecule has 3 atom stereocenters. The first-order valence-electron chi connectivity index (χ1n) is 11.2. The summed E-state index contributed by atoms with van der Waals surface area (Å²) in [7, 11) is 0. The number of aliphatic hydroxyl groups excluding tert-OH is 1. The molecule has 1 aliphatic rings. The third-order valence-corrected chi connectivity index (χ3v) is 6.25. The maximum atomic E-state index is 14.1. The van der Waals surface area contributed by atoms with E-state index in [0.717, 1.165) is 25.1 Å². The summed E-state index contributed by atoms with van der Waals surface area (Å²) in [5.74, 6) is 0.442. The molecule has 3 N–H and O–H groups in total. The lowest BCUT2D eigenvalue weighted by Gasteiger charge is -2.24. The molecule has 33 heavy (non-hydrogen) atoms. The molecule has 0 radical (unpaired) electrons. The molecule has 1 aromatic carbocycles. The Morgan fingerprint density at radius 2 is 2.06 bits per heavy atom. The zero-order chi connectivity index (χ0) is 23.1. The zero-order valence-electron chi connectivity index (χ0n) is 18.6. The summed E-state index contributed by atoms with van der Waals surface area (Å²) in [5.41, 5.74) is 9.05. The van der Waals surface area contributed by atoms with Crippen LogP contribution in [-0.4, -0.2) is 61.4 Å². The third kappa shape index (κ3) is 4.15. The Morgan fingerprint density at radius 3 is 2.82 bits per heavy atom. The Balaban J connectivity index is 1.56. The summed E-state index contributed by atoms with van der Waals surface area (Å²) >= 11 is 0. The number of hydrogen-bond acceptors (Lipinski definition) is 7. The summed E-state index contributed by atoms with van der Waals surface area (Å²) in [5, 5.41) is 18.6. The first-order valence-corrected chi connectivity index (χ1v) is 11.2. The van der Waals surface area contributed by atoms with Gasteiger partial charge in [0.25, 0.3) is 0 Å². The van der Waals surface area contributed by atoms with Crippen molar-refractivity contribution in [3.8, 4) is 17.3 Å². The van der Waals surface area contributed by atoms with Gasteiger partial charge >= 0.3 is 0 Å². The van der Waals surface area contributed by atoms with E-state index >= 15 is 0 Å². The maximum Gasteiger partial charge on any atom is 0.187 e. The van der Waals surface area contributed by atoms with E-state index in [4.69, 9.17) is 15.5 Å². The molecule has 8 nitrogen and oxygen atoms in total. The molecule has 1 saturated heterocycles. The van der Waals surface area contributed by atoms with Gasteiger partial charge in [0.1, 0.15) is 28.9 Å². The Labute approximate surface area is 190 Å². The number of ether oxygens (including phenoxy) is 1. The van der Waals surface area contributed by atoms with Crippen molar-refractivity contribution < 1.29 is 14.2 Å². The predicted molar refractivity (Wildman–Crippen MR) is 123 cm³/mol. The zero-order valence-corrected chi connectivity index (χ0v) is 18.6. The van der Waals surface area contributed by atoms with Gasteiger partial charge in [0.15, 0.2) is 11.5 Å². The van der Waals surface area contributed by atoms with Gasteiger partial charge in [-0.2, -0.15) is 0 Å². The van der Waals surface area contributed by atoms with Crippen LogP contribution in [0.25, 0.3) is 28.1 Å². The molecular weight excluding hydrogens is 423 g/mol. The number of pyridine rings is 2. The average molecular weight is 451 g/mol. The number of likely N-dealkylation sites (tertiary alicyclic amines) is 1. The van der Waals surface area contributed by atoms with E-state index < -0.39 is 11.9 Å². The van der Waals surface area contributed by atoms with Crippen LogP contribution in [0.1, 0.15) is 31.9 Å². The number of fused-ring (bicyclic) bond motifs is 2. The Morgan fingerprint density at radius 1 is 1.21 bits per heavy atom. The number of halogens is 1. The lowest BCUT2D eigenvalue weighted by atomic mass is 10.1. The Kier molecular flexibility index (Phi) is 5.69. The molecule has 0 saturated carbocycles. The highest BCUT2D eigenvalue weighted by Crippen LogP contribution is 2.30. The summed E-state index contributed by atoms with van der Waals surface area (Å²) < 4.78 is 21.7. The van der Waals surface area contributed by atoms with Crippen molar-refractivity contribution in [2.45, 2.75) is 38.5 Å². The maximum absolute atomic E-state index is 14.1. The van der Waals surface area contributed by atoms with Gasteiger partial charge in [-0.15, -0.1) is 10.2 Å². The quantitative estimate of drug-likeness (QED) is 0.466. The molecule has 172 valence electrons. The average Bonchev–Trinajstić information content (AvgIpc) is 3.44. The van der Waals surface area contributed by atoms with E-state index in [1.54, 1.807) is 19.1 Å². The van der Waals surface area contributed by atoms with E-state index in [9.17, 15) is 9.50 Å². The van der Waals surface area contributed by atoms with Crippen molar-refractivity contribution in [1.82, 2.24) is 24.5 Å². The smallest absolute Gasteiger partial charge is 0.187 e. The van der Waals surface area contributed by atoms with Gasteiger partial charge in [-0.05, 0) is 44.0 Å². The second-order valence-corrected chi connectivity index (χ2v) is 8.72. The fraction of sp³-hybridized carbons (Fsp3) is 0.375. The molecule has 0 aliphatic carbocycles. The van der Waals surface area contributed by atoms with Gasteiger partial charge in [-0.3, -0.25) is 9.30 Å². The van der Waals surface area contributed by atoms with Crippen LogP contribution in [0.4, 0.5) is 4.39 Å². The molecule has 0 spiro atoms. The first-order chi connectivity index (χ1) is 15.9. The van der Waals surface area contributed by atoms with E-state index in [1.807, 2.05) is 16.7 Å². The second-order valence-electron chi connectivity index (χ2n) is 8.72. The molecule has 0 amide bonds. The summed E-state index contributed by atoms with van der Waals surface area (Å²) in [6.07, 6.45) is 2.56. The van der Waals surface area contributed by atoms with Crippen molar-refractivity contribution in [3.05, 3.63) is 54.0 Å². The largest absolute Gasteiger partial charge is 0.486 e. The third-order valence-electron chi connectivity index (χ3n) is 6.25. The minimum atomic E-state index is -0.489. The minimum absolute atomic E-state index is 0.185. The van der Waals surface area contributed by atoms with Gasteiger partial charge in [-0.1, -0.05) is 12.1 Å². The molecule has 0 unspecified atom stereocenters. The van der Waals surface area contributed by atoms with E-state index in [0.29, 0.717) is 28.1 Å². The summed E-state index contributed by atoms with van der Waals surface area (Å²) in [4.78, 5) is 7.11. The standard InChI is InChI=1S/C24H27FN6O2/c1-14(13-32)33-21-10-18(25)9-16-3-5-20(27-23(16)21)24-29-28-22-6-4-17(11-31(22)24)15(2)30-8-7-19(26)12-30/h3-6,9-11,14-15,19,32H,7-8,12-13,26H2,1-2H3/t14-,15+,19+/m1/s1. The fourth-order valence-corrected chi connectivity index (χ4v) is 4.34. The lowest BCUT2D eigenvalue weighted by Crippen LogP contribution is -2.28. The van der Waals surface area contributed by atoms with Crippen molar-refractivity contribution >= 4 is 16.6 Å². The van der Waals surface area contributed by atoms with Crippen LogP contribution in [0, 0.1) is 5.82 Å². The number of benzene rings is 1. The highest BCUT2D eigenvalue weighted by atomic mass is 19.1. The number of rotatable bonds is 6.